The number of pyridine rings is 1. The van der Waals surface area contributed by atoms with Gasteiger partial charge in [-0.05, 0) is 24.5 Å². The molecule has 25 heavy (non-hydrogen) atoms. The Balaban J connectivity index is 1.57. The van der Waals surface area contributed by atoms with Gasteiger partial charge in [0, 0.05) is 44.4 Å². The number of hydrogen-bond acceptors (Lipinski definition) is 4. The molecule has 0 unspecified atom stereocenters. The molecule has 8 heteroatoms. The molecule has 0 amide bonds. The molecule has 0 spiro atoms. The normalized spacial score (nSPS) is 18.2. The van der Waals surface area contributed by atoms with Crippen LogP contribution in [0.25, 0.3) is 0 Å². The predicted molar refractivity (Wildman–Crippen MR) is 83.9 cm³/mol. The molecule has 0 radical (unpaired) electrons. The van der Waals surface area contributed by atoms with Gasteiger partial charge in [0.05, 0.1) is 16.8 Å². The van der Waals surface area contributed by atoms with Crippen LogP contribution < -0.4 is 5.56 Å². The van der Waals surface area contributed by atoms with E-state index in [2.05, 4.69) is 15.0 Å². The standard InChI is InChI=1S/C17H17F3N4O/c18-17(19,20)13-3-5-21-7-11(13)8-24-6-4-14-12(9-24)16(25)23-15(22-14)10-1-2-10/h3,5,7,10H,1-2,4,6,8-9H2,(H,22,23,25). The molecule has 3 heterocycles. The van der Waals surface area contributed by atoms with Crippen molar-refractivity contribution < 1.29 is 13.2 Å². The number of aromatic amines is 1. The Hall–Kier alpha value is -2.22. The Kier molecular flexibility index (Phi) is 3.87. The van der Waals surface area contributed by atoms with E-state index in [-0.39, 0.29) is 17.7 Å². The summed E-state index contributed by atoms with van der Waals surface area (Å²) in [5.74, 6) is 1.12. The summed E-state index contributed by atoms with van der Waals surface area (Å²) < 4.78 is 39.4. The molecule has 0 aromatic carbocycles. The second-order valence-electron chi connectivity index (χ2n) is 6.64. The molecule has 1 aliphatic heterocycles. The Bertz CT molecular complexity index is 858. The van der Waals surface area contributed by atoms with Crippen molar-refractivity contribution in [3.05, 3.63) is 57.0 Å². The molecule has 5 nitrogen and oxygen atoms in total. The van der Waals surface area contributed by atoms with Gasteiger partial charge in [0.1, 0.15) is 5.82 Å². The lowest BCUT2D eigenvalue weighted by Gasteiger charge is -2.28. The van der Waals surface area contributed by atoms with Crippen molar-refractivity contribution in [1.82, 2.24) is 19.9 Å². The highest BCUT2D eigenvalue weighted by Crippen LogP contribution is 2.38. The van der Waals surface area contributed by atoms with E-state index in [4.69, 9.17) is 0 Å². The van der Waals surface area contributed by atoms with Gasteiger partial charge in [-0.15, -0.1) is 0 Å². The number of rotatable bonds is 3. The maximum absolute atomic E-state index is 13.1. The summed E-state index contributed by atoms with van der Waals surface area (Å²) in [6.45, 7) is 0.973. The van der Waals surface area contributed by atoms with Crippen LogP contribution in [0.1, 0.15) is 47.0 Å². The number of nitrogens with zero attached hydrogens (tertiary/aromatic N) is 3. The number of aromatic nitrogens is 3. The van der Waals surface area contributed by atoms with E-state index in [1.54, 1.807) is 0 Å². The predicted octanol–water partition coefficient (Wildman–Crippen LogP) is 2.62. The number of nitrogens with one attached hydrogen (secondary N) is 1. The molecule has 1 saturated carbocycles. The molecule has 1 N–H and O–H groups in total. The van der Waals surface area contributed by atoms with E-state index < -0.39 is 11.7 Å². The van der Waals surface area contributed by atoms with Crippen LogP contribution >= 0.6 is 0 Å². The SMILES string of the molecule is O=c1[nH]c(C2CC2)nc2c1CN(Cc1cnccc1C(F)(F)F)CC2. The van der Waals surface area contributed by atoms with E-state index in [0.717, 1.165) is 36.6 Å². The monoisotopic (exact) mass is 350 g/mol. The fourth-order valence-electron chi connectivity index (χ4n) is 3.26. The third kappa shape index (κ3) is 3.30. The van der Waals surface area contributed by atoms with Crippen LogP contribution in [0.3, 0.4) is 0 Å². The average molecular weight is 350 g/mol. The zero-order valence-electron chi connectivity index (χ0n) is 13.4. The van der Waals surface area contributed by atoms with E-state index in [1.165, 1.54) is 6.20 Å². The van der Waals surface area contributed by atoms with Crippen molar-refractivity contribution >= 4 is 0 Å². The third-order valence-corrected chi connectivity index (χ3v) is 4.73. The van der Waals surface area contributed by atoms with Crippen LogP contribution in [0.4, 0.5) is 13.2 Å². The van der Waals surface area contributed by atoms with Gasteiger partial charge >= 0.3 is 6.18 Å². The minimum absolute atomic E-state index is 0.103. The highest BCUT2D eigenvalue weighted by atomic mass is 19.4. The van der Waals surface area contributed by atoms with Crippen molar-refractivity contribution in [3.63, 3.8) is 0 Å². The first-order valence-electron chi connectivity index (χ1n) is 8.26. The molecule has 2 aliphatic rings. The quantitative estimate of drug-likeness (QED) is 0.924. The average Bonchev–Trinajstić information content (AvgIpc) is 3.40. The van der Waals surface area contributed by atoms with E-state index in [9.17, 15) is 18.0 Å². The number of hydrogen-bond donors (Lipinski definition) is 1. The third-order valence-electron chi connectivity index (χ3n) is 4.73. The van der Waals surface area contributed by atoms with Gasteiger partial charge < -0.3 is 4.98 Å². The molecule has 132 valence electrons. The summed E-state index contributed by atoms with van der Waals surface area (Å²) in [7, 11) is 0. The zero-order valence-corrected chi connectivity index (χ0v) is 13.4. The smallest absolute Gasteiger partial charge is 0.310 e. The first kappa shape index (κ1) is 16.3. The Morgan fingerprint density at radius 3 is 2.84 bits per heavy atom. The summed E-state index contributed by atoms with van der Waals surface area (Å²) in [6.07, 6.45) is 0.651. The fraction of sp³-hybridized carbons (Fsp3) is 0.471. The van der Waals surface area contributed by atoms with Gasteiger partial charge in [0.25, 0.3) is 5.56 Å². The first-order chi connectivity index (χ1) is 11.9. The van der Waals surface area contributed by atoms with Gasteiger partial charge in [0.15, 0.2) is 0 Å². The zero-order chi connectivity index (χ0) is 17.6. The summed E-state index contributed by atoms with van der Waals surface area (Å²) in [6, 6.07) is 0.990. The van der Waals surface area contributed by atoms with Crippen molar-refractivity contribution in [1.29, 1.82) is 0 Å². The number of halogens is 3. The molecule has 2 aromatic rings. The maximum atomic E-state index is 13.1. The lowest BCUT2D eigenvalue weighted by atomic mass is 10.0. The second kappa shape index (κ2) is 5.94. The van der Waals surface area contributed by atoms with Crippen molar-refractivity contribution in [3.8, 4) is 0 Å². The van der Waals surface area contributed by atoms with E-state index in [1.807, 2.05) is 4.90 Å². The number of alkyl halides is 3. The summed E-state index contributed by atoms with van der Waals surface area (Å²) in [4.78, 5) is 25.4. The maximum Gasteiger partial charge on any atom is 0.416 e. The van der Waals surface area contributed by atoms with Crippen LogP contribution in [0.5, 0.6) is 0 Å². The minimum atomic E-state index is -4.41. The molecule has 0 atom stereocenters. The van der Waals surface area contributed by atoms with Crippen LogP contribution in [0.2, 0.25) is 0 Å². The molecule has 0 saturated heterocycles. The van der Waals surface area contributed by atoms with E-state index in [0.29, 0.717) is 31.0 Å². The van der Waals surface area contributed by atoms with Crippen LogP contribution in [-0.4, -0.2) is 26.4 Å². The Labute approximate surface area is 141 Å². The van der Waals surface area contributed by atoms with Crippen LogP contribution in [0, 0.1) is 0 Å². The van der Waals surface area contributed by atoms with Gasteiger partial charge in [-0.3, -0.25) is 14.7 Å². The fourth-order valence-corrected chi connectivity index (χ4v) is 3.26. The molecular weight excluding hydrogens is 333 g/mol. The molecular formula is C17H17F3N4O. The summed E-state index contributed by atoms with van der Waals surface area (Å²) >= 11 is 0. The van der Waals surface area contributed by atoms with E-state index >= 15 is 0 Å². The van der Waals surface area contributed by atoms with Crippen molar-refractivity contribution in [2.75, 3.05) is 6.54 Å². The topological polar surface area (TPSA) is 61.9 Å². The largest absolute Gasteiger partial charge is 0.416 e. The lowest BCUT2D eigenvalue weighted by Crippen LogP contribution is -2.36. The summed E-state index contributed by atoms with van der Waals surface area (Å²) in [5, 5.41) is 0. The molecule has 0 bridgehead atoms. The molecule has 4 rings (SSSR count). The highest BCUT2D eigenvalue weighted by Gasteiger charge is 2.34. The van der Waals surface area contributed by atoms with Crippen molar-refractivity contribution in [2.24, 2.45) is 0 Å². The van der Waals surface area contributed by atoms with Gasteiger partial charge in [-0.2, -0.15) is 13.2 Å². The van der Waals surface area contributed by atoms with Gasteiger partial charge in [-0.1, -0.05) is 0 Å². The first-order valence-corrected chi connectivity index (χ1v) is 8.26. The Morgan fingerprint density at radius 1 is 1.32 bits per heavy atom. The molecule has 2 aromatic heterocycles. The highest BCUT2D eigenvalue weighted by molar-refractivity contribution is 5.27. The number of fused-ring (bicyclic) bond motifs is 1. The molecule has 1 aliphatic carbocycles. The van der Waals surface area contributed by atoms with Gasteiger partial charge in [-0.25, -0.2) is 4.98 Å². The second-order valence-corrected chi connectivity index (χ2v) is 6.64. The molecule has 1 fully saturated rings. The minimum Gasteiger partial charge on any atom is -0.310 e. The van der Waals surface area contributed by atoms with Crippen LogP contribution in [-0.2, 0) is 25.7 Å². The summed E-state index contributed by atoms with van der Waals surface area (Å²) in [5.41, 5.74) is 0.623. The van der Waals surface area contributed by atoms with Crippen LogP contribution in [0.15, 0.2) is 23.3 Å². The van der Waals surface area contributed by atoms with Gasteiger partial charge in [0.2, 0.25) is 0 Å². The Morgan fingerprint density at radius 2 is 2.12 bits per heavy atom. The lowest BCUT2D eigenvalue weighted by molar-refractivity contribution is -0.138. The number of H-pyrrole nitrogens is 1. The van der Waals surface area contributed by atoms with Crippen molar-refractivity contribution in [2.45, 2.75) is 44.4 Å².